The van der Waals surface area contributed by atoms with Gasteiger partial charge in [0, 0.05) is 11.8 Å². The van der Waals surface area contributed by atoms with Gasteiger partial charge in [-0.25, -0.2) is 0 Å². The summed E-state index contributed by atoms with van der Waals surface area (Å²) in [5.41, 5.74) is 0.525. The zero-order valence-corrected chi connectivity index (χ0v) is 5.61. The summed E-state index contributed by atoms with van der Waals surface area (Å²) < 4.78 is 4.95. The molecule has 1 N–H and O–H groups in total. The maximum absolute atomic E-state index is 6.75. The van der Waals surface area contributed by atoms with Crippen LogP contribution in [0.5, 0.6) is 0 Å². The van der Waals surface area contributed by atoms with Crippen LogP contribution in [-0.2, 0) is 4.74 Å². The SMILES string of the molecule is C=C(C=N)C(=C)OCC. The van der Waals surface area contributed by atoms with E-state index in [1.807, 2.05) is 6.92 Å². The minimum Gasteiger partial charge on any atom is -0.494 e. The molecule has 0 saturated heterocycles. The van der Waals surface area contributed by atoms with Crippen LogP contribution in [0.2, 0.25) is 0 Å². The van der Waals surface area contributed by atoms with Gasteiger partial charge in [-0.3, -0.25) is 0 Å². The van der Waals surface area contributed by atoms with Crippen LogP contribution in [0, 0.1) is 5.41 Å². The third-order valence-corrected chi connectivity index (χ3v) is 0.851. The zero-order chi connectivity index (χ0) is 7.28. The van der Waals surface area contributed by atoms with Crippen LogP contribution in [0.1, 0.15) is 6.92 Å². The van der Waals surface area contributed by atoms with Crippen LogP contribution in [-0.4, -0.2) is 12.8 Å². The third kappa shape index (κ3) is 2.69. The van der Waals surface area contributed by atoms with Crippen molar-refractivity contribution in [1.82, 2.24) is 0 Å². The standard InChI is InChI=1S/C7H11NO/c1-4-9-7(3)6(2)5-8/h5,8H,2-4H2,1H3. The van der Waals surface area contributed by atoms with Crippen LogP contribution in [0.3, 0.4) is 0 Å². The first-order chi connectivity index (χ1) is 4.22. The lowest BCUT2D eigenvalue weighted by molar-refractivity contribution is 0.242. The van der Waals surface area contributed by atoms with Crippen LogP contribution in [0.15, 0.2) is 24.5 Å². The average Bonchev–Trinajstić information content (AvgIpc) is 1.87. The first kappa shape index (κ1) is 7.95. The molecule has 0 aliphatic carbocycles. The van der Waals surface area contributed by atoms with E-state index in [9.17, 15) is 0 Å². The molecular weight excluding hydrogens is 114 g/mol. The molecule has 0 atom stereocenters. The largest absolute Gasteiger partial charge is 0.494 e. The molecule has 0 fully saturated rings. The number of hydrogen-bond donors (Lipinski definition) is 1. The van der Waals surface area contributed by atoms with E-state index in [1.54, 1.807) is 0 Å². The van der Waals surface area contributed by atoms with Crippen LogP contribution < -0.4 is 0 Å². The fourth-order valence-corrected chi connectivity index (χ4v) is 0.347. The van der Waals surface area contributed by atoms with Crippen LogP contribution >= 0.6 is 0 Å². The Morgan fingerprint density at radius 2 is 2.22 bits per heavy atom. The Morgan fingerprint density at radius 3 is 2.56 bits per heavy atom. The topological polar surface area (TPSA) is 33.1 Å². The van der Waals surface area contributed by atoms with Crippen LogP contribution in [0.25, 0.3) is 0 Å². The van der Waals surface area contributed by atoms with E-state index in [4.69, 9.17) is 10.1 Å². The van der Waals surface area contributed by atoms with Gasteiger partial charge in [-0.05, 0) is 6.92 Å². The molecule has 0 aromatic heterocycles. The van der Waals surface area contributed by atoms with Crippen molar-refractivity contribution < 1.29 is 4.74 Å². The lowest BCUT2D eigenvalue weighted by Crippen LogP contribution is -1.92. The van der Waals surface area contributed by atoms with E-state index in [2.05, 4.69) is 13.2 Å². The Hall–Kier alpha value is -1.05. The molecule has 0 amide bonds. The van der Waals surface area contributed by atoms with Crippen molar-refractivity contribution in [2.75, 3.05) is 6.61 Å². The molecule has 50 valence electrons. The Kier molecular flexibility index (Phi) is 3.44. The van der Waals surface area contributed by atoms with Crippen molar-refractivity contribution in [3.63, 3.8) is 0 Å². The summed E-state index contributed by atoms with van der Waals surface area (Å²) in [6.45, 7) is 9.50. The second-order valence-electron chi connectivity index (χ2n) is 1.53. The summed E-state index contributed by atoms with van der Waals surface area (Å²) in [7, 11) is 0. The van der Waals surface area contributed by atoms with Gasteiger partial charge in [-0.1, -0.05) is 13.2 Å². The predicted molar refractivity (Wildman–Crippen MR) is 38.7 cm³/mol. The van der Waals surface area contributed by atoms with Gasteiger partial charge < -0.3 is 10.1 Å². The van der Waals surface area contributed by atoms with Crippen molar-refractivity contribution in [3.8, 4) is 0 Å². The summed E-state index contributed by atoms with van der Waals surface area (Å²) in [5, 5.41) is 6.75. The van der Waals surface area contributed by atoms with Gasteiger partial charge in [0.15, 0.2) is 0 Å². The molecule has 2 heteroatoms. The molecule has 0 radical (unpaired) electrons. The summed E-state index contributed by atoms with van der Waals surface area (Å²) in [4.78, 5) is 0. The number of ether oxygens (including phenoxy) is 1. The van der Waals surface area contributed by atoms with Gasteiger partial charge in [-0.2, -0.15) is 0 Å². The maximum Gasteiger partial charge on any atom is 0.120 e. The zero-order valence-electron chi connectivity index (χ0n) is 5.61. The number of allylic oxidation sites excluding steroid dienone is 1. The molecule has 0 aliphatic rings. The van der Waals surface area contributed by atoms with Gasteiger partial charge in [-0.15, -0.1) is 0 Å². The van der Waals surface area contributed by atoms with Gasteiger partial charge in [0.2, 0.25) is 0 Å². The fourth-order valence-electron chi connectivity index (χ4n) is 0.347. The number of hydrogen-bond acceptors (Lipinski definition) is 2. The normalized spacial score (nSPS) is 8.11. The fraction of sp³-hybridized carbons (Fsp3) is 0.286. The van der Waals surface area contributed by atoms with Crippen molar-refractivity contribution in [2.24, 2.45) is 0 Å². The predicted octanol–water partition coefficient (Wildman–Crippen LogP) is 1.74. The summed E-state index contributed by atoms with van der Waals surface area (Å²) in [6.07, 6.45) is 1.12. The lowest BCUT2D eigenvalue weighted by atomic mass is 10.3. The highest BCUT2D eigenvalue weighted by molar-refractivity contribution is 5.79. The Morgan fingerprint density at radius 1 is 1.67 bits per heavy atom. The highest BCUT2D eigenvalue weighted by atomic mass is 16.5. The Balaban J connectivity index is 3.73. The summed E-state index contributed by atoms with van der Waals surface area (Å²) in [6, 6.07) is 0. The van der Waals surface area contributed by atoms with Crippen LogP contribution in [0.4, 0.5) is 0 Å². The van der Waals surface area contributed by atoms with Gasteiger partial charge in [0.05, 0.1) is 6.61 Å². The molecule has 9 heavy (non-hydrogen) atoms. The Labute approximate surface area is 55.3 Å². The second-order valence-corrected chi connectivity index (χ2v) is 1.53. The molecule has 0 spiro atoms. The van der Waals surface area contributed by atoms with Crippen molar-refractivity contribution in [1.29, 1.82) is 5.41 Å². The third-order valence-electron chi connectivity index (χ3n) is 0.851. The number of nitrogens with one attached hydrogen (secondary N) is 1. The molecule has 2 nitrogen and oxygen atoms in total. The molecule has 0 aromatic carbocycles. The minimum atomic E-state index is 0.479. The first-order valence-electron chi connectivity index (χ1n) is 2.73. The highest BCUT2D eigenvalue weighted by Crippen LogP contribution is 2.02. The monoisotopic (exact) mass is 125 g/mol. The van der Waals surface area contributed by atoms with Gasteiger partial charge in [0.1, 0.15) is 5.76 Å². The first-order valence-corrected chi connectivity index (χ1v) is 2.73. The average molecular weight is 125 g/mol. The lowest BCUT2D eigenvalue weighted by Gasteiger charge is -2.03. The highest BCUT2D eigenvalue weighted by Gasteiger charge is 1.93. The van der Waals surface area contributed by atoms with E-state index >= 15 is 0 Å². The van der Waals surface area contributed by atoms with E-state index in [0.717, 1.165) is 6.21 Å². The van der Waals surface area contributed by atoms with E-state index in [-0.39, 0.29) is 0 Å². The van der Waals surface area contributed by atoms with Gasteiger partial charge >= 0.3 is 0 Å². The minimum absolute atomic E-state index is 0.479. The maximum atomic E-state index is 6.75. The quantitative estimate of drug-likeness (QED) is 0.346. The molecule has 0 aromatic rings. The smallest absolute Gasteiger partial charge is 0.120 e. The van der Waals surface area contributed by atoms with Crippen molar-refractivity contribution in [3.05, 3.63) is 24.5 Å². The molecule has 0 unspecified atom stereocenters. The summed E-state index contributed by atoms with van der Waals surface area (Å²) in [5.74, 6) is 0.479. The van der Waals surface area contributed by atoms with Crippen molar-refractivity contribution in [2.45, 2.75) is 6.92 Å². The summed E-state index contributed by atoms with van der Waals surface area (Å²) >= 11 is 0. The van der Waals surface area contributed by atoms with E-state index < -0.39 is 0 Å². The van der Waals surface area contributed by atoms with Gasteiger partial charge in [0.25, 0.3) is 0 Å². The number of rotatable bonds is 4. The molecule has 0 rings (SSSR count). The van der Waals surface area contributed by atoms with E-state index in [1.165, 1.54) is 0 Å². The van der Waals surface area contributed by atoms with E-state index in [0.29, 0.717) is 17.9 Å². The molecular formula is C7H11NO. The molecule has 0 saturated carbocycles. The van der Waals surface area contributed by atoms with Crippen molar-refractivity contribution >= 4 is 6.21 Å². The Bertz CT molecular complexity index is 138. The molecule has 0 bridgehead atoms. The molecule has 0 aliphatic heterocycles. The second kappa shape index (κ2) is 3.89. The molecule has 0 heterocycles.